The van der Waals surface area contributed by atoms with Gasteiger partial charge in [0.05, 0.1) is 11.1 Å². The van der Waals surface area contributed by atoms with Crippen molar-refractivity contribution in [3.63, 3.8) is 0 Å². The maximum absolute atomic E-state index is 13.2. The molecule has 0 unspecified atom stereocenters. The molecule has 1 aliphatic heterocycles. The average Bonchev–Trinajstić information content (AvgIpc) is 2.76. The van der Waals surface area contributed by atoms with Crippen LogP contribution < -0.4 is 4.90 Å². The van der Waals surface area contributed by atoms with E-state index in [1.165, 1.54) is 10.9 Å². The Labute approximate surface area is 136 Å². The highest BCUT2D eigenvalue weighted by molar-refractivity contribution is 6.19. The average molecular weight is 301 g/mol. The second-order valence-corrected chi connectivity index (χ2v) is 6.74. The number of nitrogens with zero attached hydrogens (tertiary/aromatic N) is 1. The number of hydrogen-bond acceptors (Lipinski definition) is 1. The molecule has 0 radical (unpaired) electrons. The van der Waals surface area contributed by atoms with Crippen LogP contribution in [0.25, 0.3) is 10.8 Å². The number of carbonyl (C=O) groups is 1. The summed E-state index contributed by atoms with van der Waals surface area (Å²) in [7, 11) is 0. The highest BCUT2D eigenvalue weighted by Gasteiger charge is 2.46. The van der Waals surface area contributed by atoms with Gasteiger partial charge in [-0.05, 0) is 49.4 Å². The molecule has 0 N–H and O–H groups in total. The highest BCUT2D eigenvalue weighted by atomic mass is 16.2. The molecule has 4 rings (SSSR count). The highest BCUT2D eigenvalue weighted by Crippen LogP contribution is 2.50. The molecule has 0 saturated heterocycles. The minimum Gasteiger partial charge on any atom is -0.279 e. The summed E-state index contributed by atoms with van der Waals surface area (Å²) in [4.78, 5) is 15.1. The van der Waals surface area contributed by atoms with Crippen molar-refractivity contribution in [2.24, 2.45) is 0 Å². The van der Waals surface area contributed by atoms with Crippen LogP contribution in [0.5, 0.6) is 0 Å². The first-order chi connectivity index (χ1) is 11.0. The summed E-state index contributed by atoms with van der Waals surface area (Å²) in [5, 5.41) is 2.31. The predicted octanol–water partition coefficient (Wildman–Crippen LogP) is 5.10. The zero-order valence-electron chi connectivity index (χ0n) is 13.6. The predicted molar refractivity (Wildman–Crippen MR) is 95.3 cm³/mol. The largest absolute Gasteiger partial charge is 0.279 e. The molecule has 2 nitrogen and oxygen atoms in total. The van der Waals surface area contributed by atoms with Gasteiger partial charge in [0.15, 0.2) is 0 Å². The van der Waals surface area contributed by atoms with Crippen LogP contribution in [0.2, 0.25) is 0 Å². The molecule has 2 heteroatoms. The second kappa shape index (κ2) is 4.69. The molecule has 0 spiro atoms. The monoisotopic (exact) mass is 301 g/mol. The van der Waals surface area contributed by atoms with Crippen LogP contribution in [0, 0.1) is 6.92 Å². The van der Waals surface area contributed by atoms with Gasteiger partial charge < -0.3 is 0 Å². The molecule has 0 aliphatic carbocycles. The maximum Gasteiger partial charge on any atom is 0.241 e. The summed E-state index contributed by atoms with van der Waals surface area (Å²) >= 11 is 0. The standard InChI is InChI=1S/C21H19NO/c1-14-13-15-9-7-8-12-17(15)19-18(14)21(2,3)20(23)22(19)16-10-5-4-6-11-16/h4-13H,1-3H3. The number of amides is 1. The van der Waals surface area contributed by atoms with E-state index in [1.54, 1.807) is 0 Å². The molecular formula is C21H19NO. The molecular weight excluding hydrogens is 282 g/mol. The summed E-state index contributed by atoms with van der Waals surface area (Å²) < 4.78 is 0. The van der Waals surface area contributed by atoms with Crippen molar-refractivity contribution < 1.29 is 4.79 Å². The van der Waals surface area contributed by atoms with Gasteiger partial charge in [-0.25, -0.2) is 0 Å². The van der Waals surface area contributed by atoms with Gasteiger partial charge in [-0.3, -0.25) is 9.69 Å². The first-order valence-electron chi connectivity index (χ1n) is 7.94. The number of fused-ring (bicyclic) bond motifs is 3. The van der Waals surface area contributed by atoms with E-state index in [9.17, 15) is 4.79 Å². The van der Waals surface area contributed by atoms with Gasteiger partial charge in [0.1, 0.15) is 0 Å². The SMILES string of the molecule is Cc1cc2ccccc2c2c1C(C)(C)C(=O)N2c1ccccc1. The number of benzene rings is 3. The van der Waals surface area contributed by atoms with E-state index < -0.39 is 5.41 Å². The lowest BCUT2D eigenvalue weighted by Gasteiger charge is -2.21. The summed E-state index contributed by atoms with van der Waals surface area (Å²) in [5.74, 6) is 0.137. The van der Waals surface area contributed by atoms with E-state index >= 15 is 0 Å². The van der Waals surface area contributed by atoms with Crippen LogP contribution in [-0.4, -0.2) is 5.91 Å². The Morgan fingerprint density at radius 1 is 0.913 bits per heavy atom. The number of hydrogen-bond donors (Lipinski definition) is 0. The second-order valence-electron chi connectivity index (χ2n) is 6.74. The Balaban J connectivity index is 2.13. The van der Waals surface area contributed by atoms with Gasteiger partial charge in [-0.2, -0.15) is 0 Å². The lowest BCUT2D eigenvalue weighted by atomic mass is 9.82. The molecule has 1 aliphatic rings. The molecule has 1 amide bonds. The third kappa shape index (κ3) is 1.84. The summed E-state index contributed by atoms with van der Waals surface area (Å²) in [5.41, 5.74) is 3.78. The fourth-order valence-corrected chi connectivity index (χ4v) is 3.80. The Kier molecular flexibility index (Phi) is 2.86. The van der Waals surface area contributed by atoms with Crippen LogP contribution in [0.15, 0.2) is 60.7 Å². The topological polar surface area (TPSA) is 20.3 Å². The fourth-order valence-electron chi connectivity index (χ4n) is 3.80. The number of rotatable bonds is 1. The fraction of sp³-hybridized carbons (Fsp3) is 0.190. The van der Waals surface area contributed by atoms with Gasteiger partial charge >= 0.3 is 0 Å². The minimum atomic E-state index is -0.515. The van der Waals surface area contributed by atoms with Crippen LogP contribution in [0.1, 0.15) is 25.0 Å². The van der Waals surface area contributed by atoms with E-state index in [2.05, 4.69) is 25.1 Å². The maximum atomic E-state index is 13.2. The van der Waals surface area contributed by atoms with Gasteiger partial charge in [0.25, 0.3) is 0 Å². The third-order valence-electron chi connectivity index (χ3n) is 4.82. The van der Waals surface area contributed by atoms with Crippen molar-refractivity contribution in [3.05, 3.63) is 71.8 Å². The number of anilines is 2. The molecule has 114 valence electrons. The Morgan fingerprint density at radius 2 is 1.57 bits per heavy atom. The van der Waals surface area contributed by atoms with Gasteiger partial charge in [0, 0.05) is 11.1 Å². The summed E-state index contributed by atoms with van der Waals surface area (Å²) in [6.07, 6.45) is 0. The number of carbonyl (C=O) groups excluding carboxylic acids is 1. The molecule has 23 heavy (non-hydrogen) atoms. The van der Waals surface area contributed by atoms with Gasteiger partial charge in [0.2, 0.25) is 5.91 Å². The van der Waals surface area contributed by atoms with Crippen molar-refractivity contribution in [3.8, 4) is 0 Å². The summed E-state index contributed by atoms with van der Waals surface area (Å²) in [6, 6.07) is 20.4. The Bertz CT molecular complexity index is 925. The van der Waals surface area contributed by atoms with E-state index in [-0.39, 0.29) is 5.91 Å². The molecule has 3 aromatic rings. The van der Waals surface area contributed by atoms with Crippen molar-refractivity contribution in [2.75, 3.05) is 4.90 Å². The molecule has 0 atom stereocenters. The van der Waals surface area contributed by atoms with E-state index in [1.807, 2.05) is 61.2 Å². The Morgan fingerprint density at radius 3 is 2.30 bits per heavy atom. The molecule has 0 bridgehead atoms. The van der Waals surface area contributed by atoms with Crippen LogP contribution in [0.4, 0.5) is 11.4 Å². The molecule has 0 saturated carbocycles. The van der Waals surface area contributed by atoms with Crippen molar-refractivity contribution in [1.29, 1.82) is 0 Å². The van der Waals surface area contributed by atoms with E-state index in [0.29, 0.717) is 0 Å². The summed E-state index contributed by atoms with van der Waals surface area (Å²) in [6.45, 7) is 6.16. The molecule has 3 aromatic carbocycles. The zero-order chi connectivity index (χ0) is 16.2. The zero-order valence-corrected chi connectivity index (χ0v) is 13.6. The lowest BCUT2D eigenvalue weighted by Crippen LogP contribution is -2.33. The lowest BCUT2D eigenvalue weighted by molar-refractivity contribution is -0.121. The van der Waals surface area contributed by atoms with Crippen LogP contribution in [0.3, 0.4) is 0 Å². The van der Waals surface area contributed by atoms with E-state index in [4.69, 9.17) is 0 Å². The molecule has 1 heterocycles. The van der Waals surface area contributed by atoms with Crippen LogP contribution >= 0.6 is 0 Å². The van der Waals surface area contributed by atoms with Crippen molar-refractivity contribution in [1.82, 2.24) is 0 Å². The number of aryl methyl sites for hydroxylation is 1. The minimum absolute atomic E-state index is 0.137. The van der Waals surface area contributed by atoms with E-state index in [0.717, 1.165) is 22.3 Å². The third-order valence-corrected chi connectivity index (χ3v) is 4.82. The first kappa shape index (κ1) is 14.0. The Hall–Kier alpha value is -2.61. The smallest absolute Gasteiger partial charge is 0.241 e. The molecule has 0 aromatic heterocycles. The number of para-hydroxylation sites is 1. The van der Waals surface area contributed by atoms with Gasteiger partial charge in [-0.1, -0.05) is 48.5 Å². The first-order valence-corrected chi connectivity index (χ1v) is 7.94. The normalized spacial score (nSPS) is 16.0. The van der Waals surface area contributed by atoms with Crippen LogP contribution in [-0.2, 0) is 10.2 Å². The van der Waals surface area contributed by atoms with Crippen molar-refractivity contribution in [2.45, 2.75) is 26.2 Å². The van der Waals surface area contributed by atoms with Crippen molar-refractivity contribution >= 4 is 28.1 Å². The quantitative estimate of drug-likeness (QED) is 0.612. The molecule has 0 fully saturated rings. The van der Waals surface area contributed by atoms with Gasteiger partial charge in [-0.15, -0.1) is 0 Å².